The zero-order valence-corrected chi connectivity index (χ0v) is 12.9. The van der Waals surface area contributed by atoms with Gasteiger partial charge in [-0.05, 0) is 25.2 Å². The van der Waals surface area contributed by atoms with Crippen LogP contribution in [-0.2, 0) is 28.2 Å². The Balaban J connectivity index is 2.32. The summed E-state index contributed by atoms with van der Waals surface area (Å²) in [6.07, 6.45) is 4.59. The largest absolute Gasteiger partial charge is 0.378 e. The number of thiazole rings is 1. The monoisotopic (exact) mass is 284 g/mol. The van der Waals surface area contributed by atoms with E-state index in [1.165, 1.54) is 12.8 Å². The Labute approximate surface area is 119 Å². The third-order valence-electron chi connectivity index (χ3n) is 3.98. The molecular formula is C14H24N2O2S. The van der Waals surface area contributed by atoms with Gasteiger partial charge in [0.2, 0.25) is 0 Å². The van der Waals surface area contributed by atoms with Gasteiger partial charge in [0.05, 0.1) is 12.3 Å². The fourth-order valence-corrected chi connectivity index (χ4v) is 4.11. The van der Waals surface area contributed by atoms with E-state index in [0.717, 1.165) is 28.4 Å². The highest BCUT2D eigenvalue weighted by Crippen LogP contribution is 2.44. The molecule has 0 spiro atoms. The van der Waals surface area contributed by atoms with E-state index in [1.54, 1.807) is 25.6 Å². The summed E-state index contributed by atoms with van der Waals surface area (Å²) < 4.78 is 11.1. The standard InChI is InChI=1S/C14H24N2O2S/c1-10-5-4-6-14(7-10,18-3)13-16-11(9-17-2)12(8-15)19-13/h10H,4-9,15H2,1-3H3. The van der Waals surface area contributed by atoms with Crippen molar-refractivity contribution in [2.45, 2.75) is 51.4 Å². The zero-order chi connectivity index (χ0) is 13.9. The molecule has 19 heavy (non-hydrogen) atoms. The van der Waals surface area contributed by atoms with Crippen molar-refractivity contribution in [3.05, 3.63) is 15.6 Å². The fourth-order valence-electron chi connectivity index (χ4n) is 2.96. The van der Waals surface area contributed by atoms with Gasteiger partial charge in [0.25, 0.3) is 0 Å². The van der Waals surface area contributed by atoms with Crippen LogP contribution < -0.4 is 5.73 Å². The van der Waals surface area contributed by atoms with Gasteiger partial charge in [0.1, 0.15) is 10.6 Å². The number of methoxy groups -OCH3 is 2. The molecule has 1 aromatic heterocycles. The first kappa shape index (κ1) is 14.9. The molecule has 1 fully saturated rings. The molecule has 1 aliphatic carbocycles. The van der Waals surface area contributed by atoms with E-state index in [9.17, 15) is 0 Å². The van der Waals surface area contributed by atoms with Crippen molar-refractivity contribution in [2.75, 3.05) is 14.2 Å². The predicted molar refractivity (Wildman–Crippen MR) is 77.0 cm³/mol. The molecule has 0 saturated heterocycles. The van der Waals surface area contributed by atoms with Gasteiger partial charge in [-0.25, -0.2) is 4.98 Å². The molecule has 2 unspecified atom stereocenters. The Hall–Kier alpha value is -0.490. The lowest BCUT2D eigenvalue weighted by Gasteiger charge is -2.37. The summed E-state index contributed by atoms with van der Waals surface area (Å²) >= 11 is 1.69. The maximum atomic E-state index is 5.89. The number of ether oxygens (including phenoxy) is 2. The van der Waals surface area contributed by atoms with Crippen molar-refractivity contribution in [2.24, 2.45) is 11.7 Å². The second-order valence-electron chi connectivity index (χ2n) is 5.43. The minimum Gasteiger partial charge on any atom is -0.378 e. The number of hydrogen-bond acceptors (Lipinski definition) is 5. The van der Waals surface area contributed by atoms with Gasteiger partial charge in [-0.1, -0.05) is 13.3 Å². The number of aromatic nitrogens is 1. The van der Waals surface area contributed by atoms with Gasteiger partial charge in [-0.2, -0.15) is 0 Å². The van der Waals surface area contributed by atoms with E-state index in [2.05, 4.69) is 6.92 Å². The smallest absolute Gasteiger partial charge is 0.125 e. The molecule has 1 saturated carbocycles. The topological polar surface area (TPSA) is 57.4 Å². The van der Waals surface area contributed by atoms with Crippen LogP contribution in [0.2, 0.25) is 0 Å². The molecule has 0 radical (unpaired) electrons. The molecule has 5 heteroatoms. The van der Waals surface area contributed by atoms with Crippen LogP contribution in [0.3, 0.4) is 0 Å². The Bertz CT molecular complexity index is 422. The molecule has 1 aromatic rings. The Kier molecular flexibility index (Phi) is 4.95. The Morgan fingerprint density at radius 2 is 2.26 bits per heavy atom. The van der Waals surface area contributed by atoms with E-state index in [4.69, 9.17) is 20.2 Å². The molecule has 108 valence electrons. The maximum Gasteiger partial charge on any atom is 0.125 e. The summed E-state index contributed by atoms with van der Waals surface area (Å²) in [6, 6.07) is 0. The average molecular weight is 284 g/mol. The van der Waals surface area contributed by atoms with Crippen molar-refractivity contribution >= 4 is 11.3 Å². The molecule has 2 atom stereocenters. The molecule has 1 heterocycles. The molecule has 2 N–H and O–H groups in total. The van der Waals surface area contributed by atoms with Crippen molar-refractivity contribution in [1.82, 2.24) is 4.98 Å². The molecule has 0 aromatic carbocycles. The van der Waals surface area contributed by atoms with Crippen molar-refractivity contribution in [3.63, 3.8) is 0 Å². The van der Waals surface area contributed by atoms with Gasteiger partial charge in [0, 0.05) is 25.6 Å². The summed E-state index contributed by atoms with van der Waals surface area (Å²) in [7, 11) is 3.49. The quantitative estimate of drug-likeness (QED) is 0.903. The summed E-state index contributed by atoms with van der Waals surface area (Å²) in [5, 5.41) is 1.08. The number of nitrogens with zero attached hydrogens (tertiary/aromatic N) is 1. The SMILES string of the molecule is COCc1nc(C2(OC)CCCC(C)C2)sc1CN. The normalized spacial score (nSPS) is 27.7. The van der Waals surface area contributed by atoms with Crippen LogP contribution in [0.15, 0.2) is 0 Å². The van der Waals surface area contributed by atoms with E-state index in [1.807, 2.05) is 0 Å². The van der Waals surface area contributed by atoms with Crippen molar-refractivity contribution < 1.29 is 9.47 Å². The average Bonchev–Trinajstić information content (AvgIpc) is 2.83. The lowest BCUT2D eigenvalue weighted by atomic mass is 9.79. The van der Waals surface area contributed by atoms with E-state index in [-0.39, 0.29) is 5.60 Å². The fraction of sp³-hybridized carbons (Fsp3) is 0.786. The third kappa shape index (κ3) is 2.99. The molecule has 4 nitrogen and oxygen atoms in total. The van der Waals surface area contributed by atoms with Crippen LogP contribution in [0, 0.1) is 5.92 Å². The van der Waals surface area contributed by atoms with Gasteiger partial charge in [-0.15, -0.1) is 11.3 Å². The number of hydrogen-bond donors (Lipinski definition) is 1. The Morgan fingerprint density at radius 1 is 1.47 bits per heavy atom. The first-order chi connectivity index (χ1) is 9.15. The minimum absolute atomic E-state index is 0.210. The minimum atomic E-state index is -0.210. The second kappa shape index (κ2) is 6.31. The number of nitrogens with two attached hydrogens (primary N) is 1. The summed E-state index contributed by atoms with van der Waals surface area (Å²) in [5.41, 5.74) is 6.57. The zero-order valence-electron chi connectivity index (χ0n) is 12.1. The van der Waals surface area contributed by atoms with Crippen LogP contribution in [0.4, 0.5) is 0 Å². The molecule has 0 aliphatic heterocycles. The lowest BCUT2D eigenvalue weighted by molar-refractivity contribution is -0.0582. The summed E-state index contributed by atoms with van der Waals surface area (Å²) in [6.45, 7) is 3.34. The number of rotatable bonds is 5. The van der Waals surface area contributed by atoms with E-state index >= 15 is 0 Å². The van der Waals surface area contributed by atoms with E-state index in [0.29, 0.717) is 19.1 Å². The Morgan fingerprint density at radius 3 is 2.84 bits per heavy atom. The molecule has 0 bridgehead atoms. The lowest BCUT2D eigenvalue weighted by Crippen LogP contribution is -2.34. The van der Waals surface area contributed by atoms with Crippen molar-refractivity contribution in [1.29, 1.82) is 0 Å². The highest BCUT2D eigenvalue weighted by Gasteiger charge is 2.39. The van der Waals surface area contributed by atoms with Crippen LogP contribution >= 0.6 is 11.3 Å². The second-order valence-corrected chi connectivity index (χ2v) is 6.51. The van der Waals surface area contributed by atoms with Gasteiger partial charge in [0.15, 0.2) is 0 Å². The summed E-state index contributed by atoms with van der Waals surface area (Å²) in [5.74, 6) is 0.685. The first-order valence-electron chi connectivity index (χ1n) is 6.88. The molecule has 0 amide bonds. The molecular weight excluding hydrogens is 260 g/mol. The summed E-state index contributed by atoms with van der Waals surface area (Å²) in [4.78, 5) is 5.88. The van der Waals surface area contributed by atoms with Crippen LogP contribution in [0.25, 0.3) is 0 Å². The highest BCUT2D eigenvalue weighted by molar-refractivity contribution is 7.11. The highest BCUT2D eigenvalue weighted by atomic mass is 32.1. The van der Waals surface area contributed by atoms with Gasteiger partial charge >= 0.3 is 0 Å². The maximum absolute atomic E-state index is 5.89. The molecule has 1 aliphatic rings. The van der Waals surface area contributed by atoms with Crippen molar-refractivity contribution in [3.8, 4) is 0 Å². The first-order valence-corrected chi connectivity index (χ1v) is 7.70. The molecule has 2 rings (SSSR count). The predicted octanol–water partition coefficient (Wildman–Crippen LogP) is 2.80. The van der Waals surface area contributed by atoms with Crippen LogP contribution in [-0.4, -0.2) is 19.2 Å². The van der Waals surface area contributed by atoms with Crippen LogP contribution in [0.5, 0.6) is 0 Å². The van der Waals surface area contributed by atoms with Gasteiger partial charge < -0.3 is 15.2 Å². The third-order valence-corrected chi connectivity index (χ3v) is 5.29. The van der Waals surface area contributed by atoms with Crippen LogP contribution in [0.1, 0.15) is 48.2 Å². The van der Waals surface area contributed by atoms with Gasteiger partial charge in [-0.3, -0.25) is 0 Å². The van der Waals surface area contributed by atoms with E-state index < -0.39 is 0 Å².